The number of hydrogen-bond acceptors (Lipinski definition) is 5. The van der Waals surface area contributed by atoms with E-state index in [0.29, 0.717) is 25.8 Å². The van der Waals surface area contributed by atoms with Gasteiger partial charge in [0.05, 0.1) is 33.0 Å². The first kappa shape index (κ1) is 11.9. The molecule has 0 aliphatic carbocycles. The Hall–Kier alpha value is -0.200. The SMILES string of the molecule is NCC1COCCN1CCOCCO. The summed E-state index contributed by atoms with van der Waals surface area (Å²) < 4.78 is 10.5. The van der Waals surface area contributed by atoms with E-state index in [2.05, 4.69) is 4.90 Å². The zero-order chi connectivity index (χ0) is 10.2. The summed E-state index contributed by atoms with van der Waals surface area (Å²) in [6.45, 7) is 5.06. The summed E-state index contributed by atoms with van der Waals surface area (Å²) in [6.07, 6.45) is 0. The van der Waals surface area contributed by atoms with Crippen molar-refractivity contribution >= 4 is 0 Å². The predicted molar refractivity (Wildman–Crippen MR) is 53.1 cm³/mol. The van der Waals surface area contributed by atoms with Crippen LogP contribution in [0, 0.1) is 0 Å². The molecule has 0 radical (unpaired) electrons. The maximum absolute atomic E-state index is 8.52. The third-order valence-corrected chi connectivity index (χ3v) is 2.38. The summed E-state index contributed by atoms with van der Waals surface area (Å²) in [5, 5.41) is 8.52. The van der Waals surface area contributed by atoms with Gasteiger partial charge in [-0.05, 0) is 0 Å². The Bertz CT molecular complexity index is 146. The van der Waals surface area contributed by atoms with E-state index in [1.165, 1.54) is 0 Å². The van der Waals surface area contributed by atoms with Gasteiger partial charge in [0, 0.05) is 25.7 Å². The van der Waals surface area contributed by atoms with Crippen LogP contribution >= 0.6 is 0 Å². The first-order chi connectivity index (χ1) is 6.88. The summed E-state index contributed by atoms with van der Waals surface area (Å²) in [7, 11) is 0. The molecule has 0 bridgehead atoms. The third-order valence-electron chi connectivity index (χ3n) is 2.38. The minimum atomic E-state index is 0.0867. The highest BCUT2D eigenvalue weighted by atomic mass is 16.5. The normalized spacial score (nSPS) is 24.0. The fourth-order valence-electron chi connectivity index (χ4n) is 1.55. The quantitative estimate of drug-likeness (QED) is 0.524. The zero-order valence-electron chi connectivity index (χ0n) is 8.52. The third kappa shape index (κ3) is 3.89. The van der Waals surface area contributed by atoms with E-state index >= 15 is 0 Å². The number of nitrogens with zero attached hydrogens (tertiary/aromatic N) is 1. The molecule has 0 saturated carbocycles. The van der Waals surface area contributed by atoms with Crippen LogP contribution in [0.3, 0.4) is 0 Å². The summed E-state index contributed by atoms with van der Waals surface area (Å²) >= 11 is 0. The molecule has 3 N–H and O–H groups in total. The van der Waals surface area contributed by atoms with Crippen LogP contribution in [0.5, 0.6) is 0 Å². The molecule has 1 aliphatic rings. The molecule has 0 aromatic carbocycles. The Kier molecular flexibility index (Phi) is 6.05. The lowest BCUT2D eigenvalue weighted by Crippen LogP contribution is -2.50. The lowest BCUT2D eigenvalue weighted by Gasteiger charge is -2.34. The molecule has 0 aromatic rings. The smallest absolute Gasteiger partial charge is 0.0698 e. The van der Waals surface area contributed by atoms with Crippen LogP contribution in [0.15, 0.2) is 0 Å². The monoisotopic (exact) mass is 204 g/mol. The van der Waals surface area contributed by atoms with Crippen molar-refractivity contribution in [2.75, 3.05) is 52.7 Å². The van der Waals surface area contributed by atoms with Crippen molar-refractivity contribution in [3.05, 3.63) is 0 Å². The van der Waals surface area contributed by atoms with Gasteiger partial charge < -0.3 is 20.3 Å². The predicted octanol–water partition coefficient (Wildman–Crippen LogP) is -1.35. The second-order valence-corrected chi connectivity index (χ2v) is 3.34. The van der Waals surface area contributed by atoms with Crippen molar-refractivity contribution in [3.8, 4) is 0 Å². The molecule has 0 spiro atoms. The maximum atomic E-state index is 8.52. The lowest BCUT2D eigenvalue weighted by atomic mass is 10.2. The highest BCUT2D eigenvalue weighted by Gasteiger charge is 2.20. The standard InChI is InChI=1S/C9H20N2O3/c10-7-9-8-14-5-2-11(9)1-4-13-6-3-12/h9,12H,1-8,10H2. The summed E-state index contributed by atoms with van der Waals surface area (Å²) in [4.78, 5) is 2.28. The summed E-state index contributed by atoms with van der Waals surface area (Å²) in [5.74, 6) is 0. The first-order valence-corrected chi connectivity index (χ1v) is 5.09. The van der Waals surface area contributed by atoms with Crippen LogP contribution in [-0.4, -0.2) is 68.7 Å². The van der Waals surface area contributed by atoms with Gasteiger partial charge in [0.25, 0.3) is 0 Å². The number of hydrogen-bond donors (Lipinski definition) is 2. The van der Waals surface area contributed by atoms with Crippen molar-refractivity contribution < 1.29 is 14.6 Å². The second-order valence-electron chi connectivity index (χ2n) is 3.34. The Morgan fingerprint density at radius 2 is 2.36 bits per heavy atom. The highest BCUT2D eigenvalue weighted by molar-refractivity contribution is 4.75. The van der Waals surface area contributed by atoms with Gasteiger partial charge in [-0.2, -0.15) is 0 Å². The van der Waals surface area contributed by atoms with Crippen molar-refractivity contribution in [2.45, 2.75) is 6.04 Å². The molecule has 1 heterocycles. The molecule has 1 atom stereocenters. The Morgan fingerprint density at radius 1 is 1.50 bits per heavy atom. The molecule has 1 aliphatic heterocycles. The molecule has 1 saturated heterocycles. The fourth-order valence-corrected chi connectivity index (χ4v) is 1.55. The molecular weight excluding hydrogens is 184 g/mol. The van der Waals surface area contributed by atoms with Gasteiger partial charge >= 0.3 is 0 Å². The van der Waals surface area contributed by atoms with E-state index in [1.807, 2.05) is 0 Å². The van der Waals surface area contributed by atoms with E-state index in [9.17, 15) is 0 Å². The number of aliphatic hydroxyl groups excluding tert-OH is 1. The lowest BCUT2D eigenvalue weighted by molar-refractivity contribution is -0.0191. The average Bonchev–Trinajstić information content (AvgIpc) is 2.25. The largest absolute Gasteiger partial charge is 0.394 e. The highest BCUT2D eigenvalue weighted by Crippen LogP contribution is 2.04. The Labute approximate surface area is 84.8 Å². The second kappa shape index (κ2) is 7.14. The van der Waals surface area contributed by atoms with E-state index in [0.717, 1.165) is 26.3 Å². The minimum Gasteiger partial charge on any atom is -0.394 e. The van der Waals surface area contributed by atoms with Gasteiger partial charge in [0.2, 0.25) is 0 Å². The van der Waals surface area contributed by atoms with Crippen molar-refractivity contribution in [3.63, 3.8) is 0 Å². The Balaban J connectivity index is 2.13. The van der Waals surface area contributed by atoms with E-state index < -0.39 is 0 Å². The van der Waals surface area contributed by atoms with Gasteiger partial charge in [0.15, 0.2) is 0 Å². The van der Waals surface area contributed by atoms with Crippen molar-refractivity contribution in [2.24, 2.45) is 5.73 Å². The Morgan fingerprint density at radius 3 is 3.07 bits per heavy atom. The molecule has 1 rings (SSSR count). The molecule has 14 heavy (non-hydrogen) atoms. The van der Waals surface area contributed by atoms with Gasteiger partial charge in [-0.3, -0.25) is 4.90 Å². The number of aliphatic hydroxyl groups is 1. The molecule has 5 nitrogen and oxygen atoms in total. The van der Waals surface area contributed by atoms with Crippen LogP contribution in [0.25, 0.3) is 0 Å². The van der Waals surface area contributed by atoms with E-state index in [4.69, 9.17) is 20.3 Å². The van der Waals surface area contributed by atoms with Crippen molar-refractivity contribution in [1.29, 1.82) is 0 Å². The van der Waals surface area contributed by atoms with Gasteiger partial charge in [0.1, 0.15) is 0 Å². The van der Waals surface area contributed by atoms with Gasteiger partial charge in [-0.1, -0.05) is 0 Å². The summed E-state index contributed by atoms with van der Waals surface area (Å²) in [5.41, 5.74) is 5.62. The molecule has 1 fully saturated rings. The molecule has 84 valence electrons. The van der Waals surface area contributed by atoms with Gasteiger partial charge in [-0.25, -0.2) is 0 Å². The number of rotatable bonds is 6. The number of morpholine rings is 1. The van der Waals surface area contributed by atoms with Crippen LogP contribution in [0.2, 0.25) is 0 Å². The van der Waals surface area contributed by atoms with E-state index in [-0.39, 0.29) is 6.61 Å². The maximum Gasteiger partial charge on any atom is 0.0698 e. The van der Waals surface area contributed by atoms with Crippen molar-refractivity contribution in [1.82, 2.24) is 4.90 Å². The average molecular weight is 204 g/mol. The fraction of sp³-hybridized carbons (Fsp3) is 1.00. The van der Waals surface area contributed by atoms with Crippen LogP contribution in [-0.2, 0) is 9.47 Å². The number of nitrogens with two attached hydrogens (primary N) is 1. The molecule has 0 aromatic heterocycles. The van der Waals surface area contributed by atoms with Crippen LogP contribution in [0.4, 0.5) is 0 Å². The van der Waals surface area contributed by atoms with Crippen LogP contribution < -0.4 is 5.73 Å². The first-order valence-electron chi connectivity index (χ1n) is 5.09. The molecule has 0 amide bonds. The van der Waals surface area contributed by atoms with Gasteiger partial charge in [-0.15, -0.1) is 0 Å². The molecular formula is C9H20N2O3. The summed E-state index contributed by atoms with van der Waals surface area (Å²) in [6, 6.07) is 0.321. The molecule has 1 unspecified atom stereocenters. The van der Waals surface area contributed by atoms with E-state index in [1.54, 1.807) is 0 Å². The minimum absolute atomic E-state index is 0.0867. The molecule has 5 heteroatoms. The topological polar surface area (TPSA) is 68.0 Å². The van der Waals surface area contributed by atoms with Crippen LogP contribution in [0.1, 0.15) is 0 Å². The zero-order valence-corrected chi connectivity index (χ0v) is 8.52. The number of ether oxygens (including phenoxy) is 2.